The summed E-state index contributed by atoms with van der Waals surface area (Å²) in [7, 11) is 3.48. The topological polar surface area (TPSA) is 69.0 Å². The number of thioether (sulfide) groups is 1. The number of nitrogens with one attached hydrogen (secondary N) is 1. The standard InChI is InChI=1S/C19H19ClN4O2S/c1-12(18(25)21-14-8-6-7-13(20)11-14)27-19-23-22-17(24(19)2)15-9-4-5-10-16(15)26-3/h4-12H,1-3H3,(H,21,25). The molecule has 0 saturated carbocycles. The van der Waals surface area contributed by atoms with Gasteiger partial charge in [-0.3, -0.25) is 4.79 Å². The average Bonchev–Trinajstić information content (AvgIpc) is 3.02. The Hall–Kier alpha value is -2.51. The predicted molar refractivity (Wildman–Crippen MR) is 108 cm³/mol. The van der Waals surface area contributed by atoms with Gasteiger partial charge in [-0.25, -0.2) is 0 Å². The van der Waals surface area contributed by atoms with E-state index >= 15 is 0 Å². The maximum atomic E-state index is 12.5. The van der Waals surface area contributed by atoms with Crippen LogP contribution in [0.5, 0.6) is 5.75 Å². The van der Waals surface area contributed by atoms with Gasteiger partial charge in [0.1, 0.15) is 5.75 Å². The van der Waals surface area contributed by atoms with Crippen molar-refractivity contribution >= 4 is 35.0 Å². The van der Waals surface area contributed by atoms with E-state index in [1.54, 1.807) is 31.4 Å². The number of carbonyl (C=O) groups excluding carboxylic acids is 1. The summed E-state index contributed by atoms with van der Waals surface area (Å²) in [5.74, 6) is 1.26. The number of methoxy groups -OCH3 is 1. The summed E-state index contributed by atoms with van der Waals surface area (Å²) >= 11 is 7.29. The van der Waals surface area contributed by atoms with Gasteiger partial charge >= 0.3 is 0 Å². The second-order valence-electron chi connectivity index (χ2n) is 5.83. The number of anilines is 1. The summed E-state index contributed by atoms with van der Waals surface area (Å²) in [5, 5.41) is 12.2. The summed E-state index contributed by atoms with van der Waals surface area (Å²) in [6, 6.07) is 14.7. The zero-order valence-corrected chi connectivity index (χ0v) is 16.7. The van der Waals surface area contributed by atoms with Crippen LogP contribution in [0, 0.1) is 0 Å². The van der Waals surface area contributed by atoms with Crippen molar-refractivity contribution in [1.29, 1.82) is 0 Å². The second-order valence-corrected chi connectivity index (χ2v) is 7.57. The fourth-order valence-corrected chi connectivity index (χ4v) is 3.51. The number of hydrogen-bond acceptors (Lipinski definition) is 5. The molecule has 3 rings (SSSR count). The highest BCUT2D eigenvalue weighted by Gasteiger charge is 2.20. The van der Waals surface area contributed by atoms with E-state index < -0.39 is 0 Å². The quantitative estimate of drug-likeness (QED) is 0.624. The number of rotatable bonds is 6. The van der Waals surface area contributed by atoms with Gasteiger partial charge in [-0.2, -0.15) is 0 Å². The lowest BCUT2D eigenvalue weighted by Gasteiger charge is -2.12. The number of halogens is 1. The molecule has 0 aliphatic heterocycles. The van der Waals surface area contributed by atoms with Gasteiger partial charge in [0.2, 0.25) is 5.91 Å². The van der Waals surface area contributed by atoms with E-state index in [1.807, 2.05) is 42.8 Å². The number of aromatic nitrogens is 3. The number of amides is 1. The van der Waals surface area contributed by atoms with Crippen LogP contribution in [-0.2, 0) is 11.8 Å². The third-order valence-corrected chi connectivity index (χ3v) is 5.30. The van der Waals surface area contributed by atoms with Gasteiger partial charge in [-0.05, 0) is 37.3 Å². The van der Waals surface area contributed by atoms with Crippen molar-refractivity contribution in [3.8, 4) is 17.1 Å². The van der Waals surface area contributed by atoms with Crippen molar-refractivity contribution in [2.24, 2.45) is 7.05 Å². The van der Waals surface area contributed by atoms with Gasteiger partial charge in [0.25, 0.3) is 0 Å². The summed E-state index contributed by atoms with van der Waals surface area (Å²) in [6.45, 7) is 1.82. The van der Waals surface area contributed by atoms with Crippen LogP contribution in [0.1, 0.15) is 6.92 Å². The number of carbonyl (C=O) groups is 1. The minimum Gasteiger partial charge on any atom is -0.496 e. The van der Waals surface area contributed by atoms with Gasteiger partial charge in [-0.1, -0.05) is 41.6 Å². The summed E-state index contributed by atoms with van der Waals surface area (Å²) in [6.07, 6.45) is 0. The van der Waals surface area contributed by atoms with Crippen LogP contribution in [0.3, 0.4) is 0 Å². The number of nitrogens with zero attached hydrogens (tertiary/aromatic N) is 3. The van der Waals surface area contributed by atoms with Crippen molar-refractivity contribution in [2.45, 2.75) is 17.3 Å². The lowest BCUT2D eigenvalue weighted by atomic mass is 10.2. The molecule has 0 fully saturated rings. The molecule has 1 unspecified atom stereocenters. The zero-order chi connectivity index (χ0) is 19.4. The van der Waals surface area contributed by atoms with Crippen LogP contribution in [0.25, 0.3) is 11.4 Å². The van der Waals surface area contributed by atoms with Crippen molar-refractivity contribution in [1.82, 2.24) is 14.8 Å². The van der Waals surface area contributed by atoms with Crippen molar-refractivity contribution in [2.75, 3.05) is 12.4 Å². The van der Waals surface area contributed by atoms with Gasteiger partial charge in [0.15, 0.2) is 11.0 Å². The molecule has 1 atom stereocenters. The van der Waals surface area contributed by atoms with E-state index in [-0.39, 0.29) is 11.2 Å². The Morgan fingerprint density at radius 2 is 2.00 bits per heavy atom. The molecule has 3 aromatic rings. The summed E-state index contributed by atoms with van der Waals surface area (Å²) < 4.78 is 7.25. The van der Waals surface area contributed by atoms with E-state index in [0.29, 0.717) is 21.7 Å². The van der Waals surface area contributed by atoms with E-state index in [9.17, 15) is 4.79 Å². The molecule has 2 aromatic carbocycles. The van der Waals surface area contributed by atoms with Crippen LogP contribution in [-0.4, -0.2) is 33.0 Å². The molecule has 1 aromatic heterocycles. The molecular weight excluding hydrogens is 384 g/mol. The van der Waals surface area contributed by atoms with Gasteiger partial charge in [0.05, 0.1) is 17.9 Å². The Balaban J connectivity index is 1.74. The molecule has 0 saturated heterocycles. The van der Waals surface area contributed by atoms with Crippen molar-refractivity contribution < 1.29 is 9.53 Å². The SMILES string of the molecule is COc1ccccc1-c1nnc(SC(C)C(=O)Nc2cccc(Cl)c2)n1C. The first-order valence-corrected chi connectivity index (χ1v) is 9.51. The van der Waals surface area contributed by atoms with Crippen LogP contribution < -0.4 is 10.1 Å². The first-order chi connectivity index (χ1) is 13.0. The molecule has 8 heteroatoms. The van der Waals surface area contributed by atoms with Gasteiger partial charge in [-0.15, -0.1) is 10.2 Å². The maximum Gasteiger partial charge on any atom is 0.237 e. The minimum absolute atomic E-state index is 0.135. The smallest absolute Gasteiger partial charge is 0.237 e. The molecule has 0 aliphatic carbocycles. The molecule has 1 amide bonds. The highest BCUT2D eigenvalue weighted by molar-refractivity contribution is 8.00. The first-order valence-electron chi connectivity index (χ1n) is 8.25. The lowest BCUT2D eigenvalue weighted by Crippen LogP contribution is -2.22. The molecule has 6 nitrogen and oxygen atoms in total. The van der Waals surface area contributed by atoms with E-state index in [2.05, 4.69) is 15.5 Å². The highest BCUT2D eigenvalue weighted by Crippen LogP contribution is 2.31. The molecule has 0 aliphatic rings. The predicted octanol–water partition coefficient (Wildman–Crippen LogP) is 4.26. The van der Waals surface area contributed by atoms with Crippen LogP contribution in [0.4, 0.5) is 5.69 Å². The number of benzene rings is 2. The van der Waals surface area contributed by atoms with Crippen molar-refractivity contribution in [3.05, 3.63) is 53.6 Å². The zero-order valence-electron chi connectivity index (χ0n) is 15.1. The average molecular weight is 403 g/mol. The molecule has 0 spiro atoms. The molecule has 140 valence electrons. The largest absolute Gasteiger partial charge is 0.496 e. The summed E-state index contributed by atoms with van der Waals surface area (Å²) in [4.78, 5) is 12.5. The molecule has 0 radical (unpaired) electrons. The van der Waals surface area contributed by atoms with Crippen LogP contribution in [0.15, 0.2) is 53.7 Å². The van der Waals surface area contributed by atoms with E-state index in [0.717, 1.165) is 11.3 Å². The first kappa shape index (κ1) is 19.3. The third-order valence-electron chi connectivity index (χ3n) is 3.93. The lowest BCUT2D eigenvalue weighted by molar-refractivity contribution is -0.115. The van der Waals surface area contributed by atoms with Gasteiger partial charge < -0.3 is 14.6 Å². The normalized spacial score (nSPS) is 11.9. The second kappa shape index (κ2) is 8.45. The Morgan fingerprint density at radius 1 is 1.22 bits per heavy atom. The fourth-order valence-electron chi connectivity index (χ4n) is 2.50. The monoisotopic (exact) mass is 402 g/mol. The third kappa shape index (κ3) is 4.43. The Bertz CT molecular complexity index is 960. The molecule has 1 N–H and O–H groups in total. The molecule has 1 heterocycles. The van der Waals surface area contributed by atoms with Crippen LogP contribution in [0.2, 0.25) is 5.02 Å². The van der Waals surface area contributed by atoms with E-state index in [4.69, 9.17) is 16.3 Å². The Morgan fingerprint density at radius 3 is 2.74 bits per heavy atom. The van der Waals surface area contributed by atoms with Gasteiger partial charge in [0, 0.05) is 17.8 Å². The maximum absolute atomic E-state index is 12.5. The highest BCUT2D eigenvalue weighted by atomic mass is 35.5. The molecule has 27 heavy (non-hydrogen) atoms. The van der Waals surface area contributed by atoms with Crippen LogP contribution >= 0.6 is 23.4 Å². The number of para-hydroxylation sites is 1. The fraction of sp³-hybridized carbons (Fsp3) is 0.211. The minimum atomic E-state index is -0.364. The Labute approximate surface area is 166 Å². The molecular formula is C19H19ClN4O2S. The number of ether oxygens (including phenoxy) is 1. The number of hydrogen-bond donors (Lipinski definition) is 1. The Kier molecular flexibility index (Phi) is 6.03. The molecule has 0 bridgehead atoms. The summed E-state index contributed by atoms with van der Waals surface area (Å²) in [5.41, 5.74) is 1.51. The van der Waals surface area contributed by atoms with Crippen molar-refractivity contribution in [3.63, 3.8) is 0 Å². The van der Waals surface area contributed by atoms with E-state index in [1.165, 1.54) is 11.8 Å².